The first-order chi connectivity index (χ1) is 9.47. The Kier molecular flexibility index (Phi) is 4.90. The highest BCUT2D eigenvalue weighted by atomic mass is 79.9. The minimum absolute atomic E-state index is 0.271. The smallest absolute Gasteiger partial charge is 0.270 e. The maximum atomic E-state index is 11.9. The summed E-state index contributed by atoms with van der Waals surface area (Å²) in [5.74, 6) is -0.640. The normalized spacial score (nSPS) is 13.2. The zero-order valence-corrected chi connectivity index (χ0v) is 14.0. The van der Waals surface area contributed by atoms with E-state index in [0.29, 0.717) is 9.68 Å². The largest absolute Gasteiger partial charge is 0.340 e. The van der Waals surface area contributed by atoms with Gasteiger partial charge in [-0.3, -0.25) is 9.59 Å². The molecule has 2 amide bonds. The molecule has 2 aromatic heterocycles. The van der Waals surface area contributed by atoms with Gasteiger partial charge in [-0.25, -0.2) is 0 Å². The molecule has 0 fully saturated rings. The molecule has 1 unspecified atom stereocenters. The average Bonchev–Trinajstić information content (AvgIpc) is 2.99. The molecule has 0 aliphatic heterocycles. The van der Waals surface area contributed by atoms with Crippen molar-refractivity contribution in [3.8, 4) is 0 Å². The van der Waals surface area contributed by atoms with Gasteiger partial charge in [0.05, 0.1) is 8.66 Å². The third-order valence-corrected chi connectivity index (χ3v) is 4.95. The van der Waals surface area contributed by atoms with Gasteiger partial charge in [-0.15, -0.1) is 22.7 Å². The van der Waals surface area contributed by atoms with Crippen LogP contribution in [-0.4, -0.2) is 22.4 Å². The summed E-state index contributed by atoms with van der Waals surface area (Å²) in [6, 6.07) is 2.84. The van der Waals surface area contributed by atoms with Gasteiger partial charge in [0.1, 0.15) is 6.04 Å². The first-order valence-electron chi connectivity index (χ1n) is 5.72. The molecule has 1 N–H and O–H groups in total. The fourth-order valence-electron chi connectivity index (χ4n) is 1.39. The molecular weight excluding hydrogens is 362 g/mol. The van der Waals surface area contributed by atoms with Crippen molar-refractivity contribution in [1.82, 2.24) is 9.88 Å². The lowest BCUT2D eigenvalue weighted by atomic mass is 10.3. The molecule has 2 rings (SSSR count). The highest BCUT2D eigenvalue weighted by Gasteiger charge is 2.17. The van der Waals surface area contributed by atoms with Gasteiger partial charge in [0.2, 0.25) is 0 Å². The van der Waals surface area contributed by atoms with Crippen LogP contribution in [0.15, 0.2) is 32.5 Å². The number of nitrogens with zero attached hydrogens (tertiary/aromatic N) is 2. The van der Waals surface area contributed by atoms with E-state index in [-0.39, 0.29) is 11.8 Å². The SMILES string of the molecule is CC(NC(=O)c1ccc(Br)s1)C(=O)N=c1sccn1C. The van der Waals surface area contributed by atoms with E-state index < -0.39 is 6.04 Å². The Bertz CT molecular complexity index is 701. The number of rotatable bonds is 3. The fourth-order valence-corrected chi connectivity index (χ4v) is 3.42. The lowest BCUT2D eigenvalue weighted by molar-refractivity contribution is -0.119. The standard InChI is InChI=1S/C12H12BrN3O2S2/c1-7(10(17)15-12-16(2)5-6-19-12)14-11(18)8-3-4-9(13)20-8/h3-7H,1-2H3,(H,14,18). The lowest BCUT2D eigenvalue weighted by Crippen LogP contribution is -2.38. The van der Waals surface area contributed by atoms with E-state index in [9.17, 15) is 9.59 Å². The van der Waals surface area contributed by atoms with E-state index >= 15 is 0 Å². The van der Waals surface area contributed by atoms with Crippen LogP contribution in [0.25, 0.3) is 0 Å². The van der Waals surface area contributed by atoms with Crippen molar-refractivity contribution in [2.24, 2.45) is 12.0 Å². The number of carbonyl (C=O) groups is 2. The maximum absolute atomic E-state index is 11.9. The van der Waals surface area contributed by atoms with Gasteiger partial charge in [0, 0.05) is 18.6 Å². The van der Waals surface area contributed by atoms with Crippen LogP contribution in [-0.2, 0) is 11.8 Å². The van der Waals surface area contributed by atoms with E-state index in [1.165, 1.54) is 22.7 Å². The zero-order chi connectivity index (χ0) is 14.7. The number of hydrogen-bond acceptors (Lipinski definition) is 4. The minimum atomic E-state index is -0.662. The molecule has 0 saturated heterocycles. The Labute approximate surface area is 132 Å². The number of amides is 2. The van der Waals surface area contributed by atoms with Gasteiger partial charge in [-0.2, -0.15) is 4.99 Å². The van der Waals surface area contributed by atoms with Crippen LogP contribution in [0.5, 0.6) is 0 Å². The lowest BCUT2D eigenvalue weighted by Gasteiger charge is -2.08. The van der Waals surface area contributed by atoms with E-state index in [1.54, 1.807) is 23.6 Å². The van der Waals surface area contributed by atoms with Crippen molar-refractivity contribution >= 4 is 50.4 Å². The molecule has 2 heterocycles. The summed E-state index contributed by atoms with van der Waals surface area (Å²) in [6.07, 6.45) is 1.82. The summed E-state index contributed by atoms with van der Waals surface area (Å²) < 4.78 is 2.63. The van der Waals surface area contributed by atoms with Crippen molar-refractivity contribution in [1.29, 1.82) is 0 Å². The Morgan fingerprint density at radius 1 is 1.45 bits per heavy atom. The molecular formula is C12H12BrN3O2S2. The van der Waals surface area contributed by atoms with Crippen LogP contribution in [0.2, 0.25) is 0 Å². The Morgan fingerprint density at radius 3 is 2.75 bits per heavy atom. The van der Waals surface area contributed by atoms with Crippen LogP contribution in [0, 0.1) is 0 Å². The Hall–Kier alpha value is -1.25. The van der Waals surface area contributed by atoms with E-state index in [0.717, 1.165) is 3.79 Å². The van der Waals surface area contributed by atoms with Crippen LogP contribution < -0.4 is 10.1 Å². The molecule has 20 heavy (non-hydrogen) atoms. The third kappa shape index (κ3) is 3.65. The first-order valence-corrected chi connectivity index (χ1v) is 8.21. The quantitative estimate of drug-likeness (QED) is 0.895. The number of nitrogens with one attached hydrogen (secondary N) is 1. The zero-order valence-electron chi connectivity index (χ0n) is 10.8. The second-order valence-corrected chi connectivity index (χ2v) is 7.38. The molecule has 0 radical (unpaired) electrons. The highest BCUT2D eigenvalue weighted by molar-refractivity contribution is 9.11. The summed E-state index contributed by atoms with van der Waals surface area (Å²) in [7, 11) is 1.81. The van der Waals surface area contributed by atoms with E-state index in [1.807, 2.05) is 18.6 Å². The summed E-state index contributed by atoms with van der Waals surface area (Å²) in [6.45, 7) is 1.62. The number of carbonyl (C=O) groups excluding carboxylic acids is 2. The molecule has 0 spiro atoms. The Morgan fingerprint density at radius 2 is 2.20 bits per heavy atom. The van der Waals surface area contributed by atoms with E-state index in [4.69, 9.17) is 0 Å². The number of hydrogen-bond donors (Lipinski definition) is 1. The molecule has 2 aromatic rings. The summed E-state index contributed by atoms with van der Waals surface area (Å²) >= 11 is 5.99. The predicted molar refractivity (Wildman–Crippen MR) is 82.8 cm³/mol. The highest BCUT2D eigenvalue weighted by Crippen LogP contribution is 2.21. The van der Waals surface area contributed by atoms with Gasteiger partial charge in [0.15, 0.2) is 4.80 Å². The average molecular weight is 374 g/mol. The first kappa shape index (κ1) is 15.1. The number of thiazole rings is 1. The summed E-state index contributed by atoms with van der Waals surface area (Å²) in [5, 5.41) is 4.49. The number of aryl methyl sites for hydroxylation is 1. The van der Waals surface area contributed by atoms with Crippen molar-refractivity contribution in [2.45, 2.75) is 13.0 Å². The van der Waals surface area contributed by atoms with Gasteiger partial charge >= 0.3 is 0 Å². The van der Waals surface area contributed by atoms with Gasteiger partial charge in [-0.1, -0.05) is 0 Å². The second-order valence-electron chi connectivity index (χ2n) is 4.05. The monoisotopic (exact) mass is 373 g/mol. The topological polar surface area (TPSA) is 63.5 Å². The van der Waals surface area contributed by atoms with Gasteiger partial charge in [0.25, 0.3) is 11.8 Å². The minimum Gasteiger partial charge on any atom is -0.340 e. The van der Waals surface area contributed by atoms with Crippen LogP contribution in [0.1, 0.15) is 16.6 Å². The van der Waals surface area contributed by atoms with Gasteiger partial charge < -0.3 is 9.88 Å². The molecule has 1 atom stereocenters. The molecule has 106 valence electrons. The number of thiophene rings is 1. The molecule has 5 nitrogen and oxygen atoms in total. The van der Waals surface area contributed by atoms with Crippen LogP contribution >= 0.6 is 38.6 Å². The Balaban J connectivity index is 2.05. The second kappa shape index (κ2) is 6.47. The predicted octanol–water partition coefficient (Wildman–Crippen LogP) is 2.16. The summed E-state index contributed by atoms with van der Waals surface area (Å²) in [4.78, 5) is 29.0. The van der Waals surface area contributed by atoms with Crippen LogP contribution in [0.3, 0.4) is 0 Å². The van der Waals surface area contributed by atoms with E-state index in [2.05, 4.69) is 26.2 Å². The molecule has 0 saturated carbocycles. The van der Waals surface area contributed by atoms with Crippen molar-refractivity contribution < 1.29 is 9.59 Å². The van der Waals surface area contributed by atoms with Gasteiger partial charge in [-0.05, 0) is 35.0 Å². The summed E-state index contributed by atoms with van der Waals surface area (Å²) in [5.41, 5.74) is 0. The van der Waals surface area contributed by atoms with Crippen molar-refractivity contribution in [3.63, 3.8) is 0 Å². The third-order valence-electron chi connectivity index (χ3n) is 2.48. The van der Waals surface area contributed by atoms with Crippen molar-refractivity contribution in [3.05, 3.63) is 37.2 Å². The van der Waals surface area contributed by atoms with Crippen molar-refractivity contribution in [2.75, 3.05) is 0 Å². The molecule has 8 heteroatoms. The maximum Gasteiger partial charge on any atom is 0.270 e. The number of aromatic nitrogens is 1. The molecule has 0 aromatic carbocycles. The molecule has 0 bridgehead atoms. The number of halogens is 1. The fraction of sp³-hybridized carbons (Fsp3) is 0.250. The van der Waals surface area contributed by atoms with Crippen LogP contribution in [0.4, 0.5) is 0 Å². The molecule has 0 aliphatic rings. The molecule has 0 aliphatic carbocycles.